The van der Waals surface area contributed by atoms with Crippen molar-refractivity contribution in [1.82, 2.24) is 20.4 Å². The Labute approximate surface area is 165 Å². The van der Waals surface area contributed by atoms with Gasteiger partial charge in [-0.3, -0.25) is 19.4 Å². The van der Waals surface area contributed by atoms with Crippen molar-refractivity contribution in [2.24, 2.45) is 0 Å². The molecular formula is C21H40N4O2. The second-order valence-corrected chi connectivity index (χ2v) is 8.78. The minimum Gasteiger partial charge on any atom is -0.353 e. The molecule has 156 valence electrons. The van der Waals surface area contributed by atoms with Crippen LogP contribution in [0.2, 0.25) is 0 Å². The van der Waals surface area contributed by atoms with E-state index in [4.69, 9.17) is 0 Å². The molecule has 0 aromatic heterocycles. The topological polar surface area (TPSA) is 64.7 Å². The van der Waals surface area contributed by atoms with Crippen molar-refractivity contribution in [1.29, 1.82) is 0 Å². The highest BCUT2D eigenvalue weighted by atomic mass is 16.2. The first kappa shape index (κ1) is 22.2. The Morgan fingerprint density at radius 3 is 1.56 bits per heavy atom. The molecular weight excluding hydrogens is 340 g/mol. The third-order valence-electron chi connectivity index (χ3n) is 5.59. The number of hydrogen-bond donors (Lipinski definition) is 2. The van der Waals surface area contributed by atoms with Gasteiger partial charge in [0.25, 0.3) is 0 Å². The number of carbonyl (C=O) groups is 2. The van der Waals surface area contributed by atoms with E-state index in [0.29, 0.717) is 0 Å². The first-order valence-electron chi connectivity index (χ1n) is 11.0. The van der Waals surface area contributed by atoms with Gasteiger partial charge in [-0.1, -0.05) is 12.8 Å². The summed E-state index contributed by atoms with van der Waals surface area (Å²) in [5.41, 5.74) is 0. The number of nitrogens with zero attached hydrogens (tertiary/aromatic N) is 2. The molecule has 0 spiro atoms. The number of rotatable bonds is 8. The van der Waals surface area contributed by atoms with Crippen LogP contribution in [0, 0.1) is 0 Å². The molecule has 2 amide bonds. The second-order valence-electron chi connectivity index (χ2n) is 8.78. The van der Waals surface area contributed by atoms with E-state index in [1.54, 1.807) is 0 Å². The quantitative estimate of drug-likeness (QED) is 0.677. The number of amides is 2. The zero-order chi connectivity index (χ0) is 19.8. The maximum Gasteiger partial charge on any atom is 0.237 e. The van der Waals surface area contributed by atoms with Crippen LogP contribution in [-0.4, -0.2) is 72.0 Å². The van der Waals surface area contributed by atoms with Crippen LogP contribution in [0.1, 0.15) is 72.6 Å². The molecule has 2 atom stereocenters. The van der Waals surface area contributed by atoms with Gasteiger partial charge in [0.2, 0.25) is 11.8 Å². The van der Waals surface area contributed by atoms with E-state index in [9.17, 15) is 9.59 Å². The average molecular weight is 381 g/mol. The van der Waals surface area contributed by atoms with Crippen molar-refractivity contribution >= 4 is 11.8 Å². The molecule has 2 rings (SSSR count). The first-order valence-corrected chi connectivity index (χ1v) is 11.0. The van der Waals surface area contributed by atoms with Gasteiger partial charge in [-0.15, -0.1) is 0 Å². The molecule has 0 bridgehead atoms. The molecule has 2 saturated heterocycles. The zero-order valence-corrected chi connectivity index (χ0v) is 17.8. The third kappa shape index (κ3) is 7.07. The van der Waals surface area contributed by atoms with Crippen LogP contribution >= 0.6 is 0 Å². The van der Waals surface area contributed by atoms with E-state index in [0.717, 1.165) is 58.3 Å². The number of hydrogen-bond acceptors (Lipinski definition) is 4. The monoisotopic (exact) mass is 380 g/mol. The lowest BCUT2D eigenvalue weighted by Gasteiger charge is -2.37. The van der Waals surface area contributed by atoms with Crippen molar-refractivity contribution in [3.8, 4) is 0 Å². The lowest BCUT2D eigenvalue weighted by atomic mass is 9.99. The van der Waals surface area contributed by atoms with E-state index in [2.05, 4.69) is 20.4 Å². The van der Waals surface area contributed by atoms with Gasteiger partial charge in [0.1, 0.15) is 0 Å². The predicted molar refractivity (Wildman–Crippen MR) is 110 cm³/mol. The lowest BCUT2D eigenvalue weighted by molar-refractivity contribution is -0.128. The normalized spacial score (nSPS) is 25.0. The van der Waals surface area contributed by atoms with Crippen LogP contribution in [0.4, 0.5) is 0 Å². The minimum atomic E-state index is 0.0162. The molecule has 0 aliphatic carbocycles. The van der Waals surface area contributed by atoms with E-state index < -0.39 is 0 Å². The summed E-state index contributed by atoms with van der Waals surface area (Å²) in [6.45, 7) is 12.0. The highest BCUT2D eigenvalue weighted by Crippen LogP contribution is 2.20. The second kappa shape index (κ2) is 11.0. The molecule has 0 radical (unpaired) electrons. The summed E-state index contributed by atoms with van der Waals surface area (Å²) in [6.07, 6.45) is 7.55. The van der Waals surface area contributed by atoms with E-state index in [1.807, 2.05) is 27.7 Å². The molecule has 2 heterocycles. The fraction of sp³-hybridized carbons (Fsp3) is 0.905. The van der Waals surface area contributed by atoms with Gasteiger partial charge in [-0.2, -0.15) is 0 Å². The summed E-state index contributed by atoms with van der Waals surface area (Å²) in [7, 11) is 0. The standard InChI is InChI=1S/C21H40N4O2/c1-16(2)22-20(26)18-10-5-7-12-24(18)14-9-15-25-13-8-6-11-19(25)21(27)23-17(3)4/h16-19H,5-15H2,1-4H3,(H,22,26)(H,23,27)/t18-,19-/m0/s1. The summed E-state index contributed by atoms with van der Waals surface area (Å²) in [4.78, 5) is 29.7. The maximum absolute atomic E-state index is 12.5. The van der Waals surface area contributed by atoms with Crippen molar-refractivity contribution in [2.75, 3.05) is 26.2 Å². The van der Waals surface area contributed by atoms with Crippen LogP contribution in [0.15, 0.2) is 0 Å². The predicted octanol–water partition coefficient (Wildman–Crippen LogP) is 2.13. The van der Waals surface area contributed by atoms with E-state index in [-0.39, 0.29) is 36.0 Å². The molecule has 2 fully saturated rings. The summed E-state index contributed by atoms with van der Waals surface area (Å²) in [6, 6.07) is 0.412. The van der Waals surface area contributed by atoms with Crippen molar-refractivity contribution in [3.63, 3.8) is 0 Å². The van der Waals surface area contributed by atoms with Crippen LogP contribution in [0.25, 0.3) is 0 Å². The maximum atomic E-state index is 12.5. The zero-order valence-electron chi connectivity index (χ0n) is 17.8. The Balaban J connectivity index is 1.84. The highest BCUT2D eigenvalue weighted by molar-refractivity contribution is 5.82. The van der Waals surface area contributed by atoms with Crippen molar-refractivity contribution in [2.45, 2.75) is 96.8 Å². The Morgan fingerprint density at radius 2 is 1.19 bits per heavy atom. The molecule has 0 unspecified atom stereocenters. The fourth-order valence-electron chi connectivity index (χ4n) is 4.35. The largest absolute Gasteiger partial charge is 0.353 e. The van der Waals surface area contributed by atoms with Gasteiger partial charge in [-0.05, 0) is 72.9 Å². The molecule has 2 N–H and O–H groups in total. The van der Waals surface area contributed by atoms with Gasteiger partial charge in [0, 0.05) is 25.2 Å². The molecule has 6 nitrogen and oxygen atoms in total. The third-order valence-corrected chi connectivity index (χ3v) is 5.59. The van der Waals surface area contributed by atoms with E-state index in [1.165, 1.54) is 12.8 Å². The van der Waals surface area contributed by atoms with Crippen LogP contribution in [-0.2, 0) is 9.59 Å². The number of carbonyl (C=O) groups excluding carboxylic acids is 2. The molecule has 27 heavy (non-hydrogen) atoms. The summed E-state index contributed by atoms with van der Waals surface area (Å²) in [5, 5.41) is 6.16. The van der Waals surface area contributed by atoms with Gasteiger partial charge in [-0.25, -0.2) is 0 Å². The number of piperidine rings is 2. The smallest absolute Gasteiger partial charge is 0.237 e. The SMILES string of the molecule is CC(C)NC(=O)[C@@H]1CCCCN1CCCN1CCCC[C@H]1C(=O)NC(C)C. The van der Waals surface area contributed by atoms with E-state index >= 15 is 0 Å². The van der Waals surface area contributed by atoms with Crippen LogP contribution in [0.5, 0.6) is 0 Å². The number of likely N-dealkylation sites (tertiary alicyclic amines) is 2. The van der Waals surface area contributed by atoms with Gasteiger partial charge in [0.05, 0.1) is 12.1 Å². The molecule has 6 heteroatoms. The Morgan fingerprint density at radius 1 is 0.778 bits per heavy atom. The average Bonchev–Trinajstić information content (AvgIpc) is 2.61. The Kier molecular flexibility index (Phi) is 9.03. The first-order chi connectivity index (χ1) is 12.9. The molecule has 2 aliphatic heterocycles. The van der Waals surface area contributed by atoms with Crippen molar-refractivity contribution in [3.05, 3.63) is 0 Å². The summed E-state index contributed by atoms with van der Waals surface area (Å²) >= 11 is 0. The van der Waals surface area contributed by atoms with Crippen molar-refractivity contribution < 1.29 is 9.59 Å². The minimum absolute atomic E-state index is 0.0162. The van der Waals surface area contributed by atoms with Gasteiger partial charge >= 0.3 is 0 Å². The Bertz CT molecular complexity index is 439. The lowest BCUT2D eigenvalue weighted by Crippen LogP contribution is -2.53. The summed E-state index contributed by atoms with van der Waals surface area (Å²) < 4.78 is 0. The molecule has 0 aromatic carbocycles. The van der Waals surface area contributed by atoms with Gasteiger partial charge in [0.15, 0.2) is 0 Å². The van der Waals surface area contributed by atoms with Crippen LogP contribution in [0.3, 0.4) is 0 Å². The summed E-state index contributed by atoms with van der Waals surface area (Å²) in [5.74, 6) is 0.355. The molecule has 0 saturated carbocycles. The number of nitrogens with one attached hydrogen (secondary N) is 2. The highest BCUT2D eigenvalue weighted by Gasteiger charge is 2.31. The molecule has 0 aromatic rings. The molecule has 2 aliphatic rings. The van der Waals surface area contributed by atoms with Crippen LogP contribution < -0.4 is 10.6 Å². The van der Waals surface area contributed by atoms with Gasteiger partial charge < -0.3 is 10.6 Å². The fourth-order valence-corrected chi connectivity index (χ4v) is 4.35. The Hall–Kier alpha value is -1.14.